The van der Waals surface area contributed by atoms with Crippen molar-refractivity contribution in [3.63, 3.8) is 0 Å². The first kappa shape index (κ1) is 15.1. The van der Waals surface area contributed by atoms with E-state index in [9.17, 15) is 13.2 Å². The summed E-state index contributed by atoms with van der Waals surface area (Å²) in [4.78, 5) is 12.7. The summed E-state index contributed by atoms with van der Waals surface area (Å²) in [5.41, 5.74) is 0. The van der Waals surface area contributed by atoms with E-state index in [0.29, 0.717) is 31.7 Å². The van der Waals surface area contributed by atoms with Gasteiger partial charge in [-0.05, 0) is 0 Å². The van der Waals surface area contributed by atoms with Crippen LogP contribution in [0.2, 0.25) is 0 Å². The van der Waals surface area contributed by atoms with E-state index in [1.807, 2.05) is 0 Å². The van der Waals surface area contributed by atoms with Crippen LogP contribution in [0, 0.1) is 0 Å². The zero-order valence-corrected chi connectivity index (χ0v) is 8.24. The maximum absolute atomic E-state index is 11.3. The Morgan fingerprint density at radius 2 is 1.87 bits per heavy atom. The third kappa shape index (κ3) is 6.29. The molecule has 8 heteroatoms. The minimum atomic E-state index is -4.22. The molecule has 1 heterocycles. The summed E-state index contributed by atoms with van der Waals surface area (Å²) in [6.07, 6.45) is 0.834. The third-order valence-electron chi connectivity index (χ3n) is 1.71. The van der Waals surface area contributed by atoms with Gasteiger partial charge in [-0.25, -0.2) is 0 Å². The van der Waals surface area contributed by atoms with Crippen LogP contribution >= 0.6 is 0 Å². The summed E-state index contributed by atoms with van der Waals surface area (Å²) in [7, 11) is -4.22. The summed E-state index contributed by atoms with van der Waals surface area (Å²) in [5.74, 6) is -0.439. The van der Waals surface area contributed by atoms with Crippen LogP contribution in [0.15, 0.2) is 11.5 Å². The zero-order valence-electron chi connectivity index (χ0n) is 7.42. The molecule has 1 fully saturated rings. The van der Waals surface area contributed by atoms with Crippen LogP contribution in [-0.4, -0.2) is 79.6 Å². The van der Waals surface area contributed by atoms with Crippen molar-refractivity contribution >= 4 is 45.6 Å². The molecule has 0 spiro atoms. The average Bonchev–Trinajstić information content (AvgIpc) is 2.14. The van der Waals surface area contributed by atoms with Crippen molar-refractivity contribution in [3.05, 3.63) is 11.5 Å². The molecule has 0 radical (unpaired) electrons. The van der Waals surface area contributed by atoms with Crippen LogP contribution < -0.4 is 0 Å². The van der Waals surface area contributed by atoms with E-state index in [0.717, 1.165) is 6.08 Å². The van der Waals surface area contributed by atoms with E-state index in [4.69, 9.17) is 9.29 Å². The number of ether oxygens (including phenoxy) is 1. The second kappa shape index (κ2) is 6.62. The van der Waals surface area contributed by atoms with E-state index in [-0.39, 0.29) is 29.6 Å². The van der Waals surface area contributed by atoms with Gasteiger partial charge in [0, 0.05) is 19.2 Å². The second-order valence-corrected chi connectivity index (χ2v) is 4.06. The van der Waals surface area contributed by atoms with Crippen molar-refractivity contribution in [2.75, 3.05) is 26.3 Å². The van der Waals surface area contributed by atoms with Crippen LogP contribution in [0.1, 0.15) is 0 Å². The van der Waals surface area contributed by atoms with Gasteiger partial charge in [0.2, 0.25) is 5.91 Å². The quantitative estimate of drug-likeness (QED) is 0.367. The molecule has 0 bridgehead atoms. The van der Waals surface area contributed by atoms with Crippen molar-refractivity contribution in [2.45, 2.75) is 0 Å². The van der Waals surface area contributed by atoms with Crippen molar-refractivity contribution in [3.8, 4) is 0 Å². The van der Waals surface area contributed by atoms with Crippen molar-refractivity contribution in [2.24, 2.45) is 0 Å². The van der Waals surface area contributed by atoms with E-state index >= 15 is 0 Å². The first-order chi connectivity index (χ1) is 6.49. The number of rotatable bonds is 2. The van der Waals surface area contributed by atoms with Gasteiger partial charge in [-0.1, -0.05) is 0 Å². The van der Waals surface area contributed by atoms with E-state index < -0.39 is 16.0 Å². The Morgan fingerprint density at radius 3 is 2.33 bits per heavy atom. The number of carbonyl (C=O) groups excluding carboxylic acids is 1. The molecule has 0 aliphatic carbocycles. The third-order valence-corrected chi connectivity index (χ3v) is 2.19. The molecule has 0 aromatic carbocycles. The monoisotopic (exact) mass is 245 g/mol. The standard InChI is InChI=1S/C7H11NO5S.Na.H/c9-7(1-6-14(10,11)12)8-2-4-13-5-3-8;;/h1,6H,2-5H2,(H,10,11,12);;. The van der Waals surface area contributed by atoms with Gasteiger partial charge in [0.1, 0.15) is 0 Å². The molecule has 82 valence electrons. The molecule has 1 N–H and O–H groups in total. The summed E-state index contributed by atoms with van der Waals surface area (Å²) in [5, 5.41) is 0.477. The van der Waals surface area contributed by atoms with Crippen LogP contribution in [-0.2, 0) is 19.6 Å². The molecule has 6 nitrogen and oxygen atoms in total. The van der Waals surface area contributed by atoms with Gasteiger partial charge in [-0.2, -0.15) is 8.42 Å². The molecule has 1 aliphatic heterocycles. The van der Waals surface area contributed by atoms with E-state index in [2.05, 4.69) is 0 Å². The van der Waals surface area contributed by atoms with Gasteiger partial charge >= 0.3 is 29.6 Å². The number of carbonyl (C=O) groups is 1. The molecule has 0 aromatic heterocycles. The molecule has 1 rings (SSSR count). The van der Waals surface area contributed by atoms with Gasteiger partial charge in [0.05, 0.1) is 18.6 Å². The van der Waals surface area contributed by atoms with Crippen LogP contribution in [0.5, 0.6) is 0 Å². The molecule has 1 amide bonds. The van der Waals surface area contributed by atoms with Crippen molar-refractivity contribution in [1.82, 2.24) is 4.90 Å². The Kier molecular flexibility index (Phi) is 6.65. The molecule has 0 unspecified atom stereocenters. The van der Waals surface area contributed by atoms with Gasteiger partial charge in [-0.15, -0.1) is 0 Å². The number of amides is 1. The number of morpholine rings is 1. The first-order valence-electron chi connectivity index (χ1n) is 4.01. The molecule has 1 aliphatic rings. The fraction of sp³-hybridized carbons (Fsp3) is 0.571. The summed E-state index contributed by atoms with van der Waals surface area (Å²) in [6, 6.07) is 0. The van der Waals surface area contributed by atoms with Gasteiger partial charge in [0.15, 0.2) is 0 Å². The number of hydrogen-bond donors (Lipinski definition) is 1. The molecular weight excluding hydrogens is 233 g/mol. The van der Waals surface area contributed by atoms with Gasteiger partial charge in [0.25, 0.3) is 10.1 Å². The fourth-order valence-corrected chi connectivity index (χ4v) is 1.32. The normalized spacial score (nSPS) is 17.5. The average molecular weight is 245 g/mol. The summed E-state index contributed by atoms with van der Waals surface area (Å²) in [6.45, 7) is 1.78. The van der Waals surface area contributed by atoms with Crippen LogP contribution in [0.3, 0.4) is 0 Å². The van der Waals surface area contributed by atoms with E-state index in [1.165, 1.54) is 4.90 Å². The van der Waals surface area contributed by atoms with Gasteiger partial charge in [-0.3, -0.25) is 9.35 Å². The zero-order chi connectivity index (χ0) is 10.6. The minimum absolute atomic E-state index is 0. The molecule has 0 atom stereocenters. The first-order valence-corrected chi connectivity index (χ1v) is 5.51. The van der Waals surface area contributed by atoms with Gasteiger partial charge < -0.3 is 9.64 Å². The van der Waals surface area contributed by atoms with Crippen molar-refractivity contribution in [1.29, 1.82) is 0 Å². The predicted octanol–water partition coefficient (Wildman–Crippen LogP) is -1.40. The second-order valence-electron chi connectivity index (χ2n) is 2.76. The number of hydrogen-bond acceptors (Lipinski definition) is 4. The Labute approximate surface area is 110 Å². The summed E-state index contributed by atoms with van der Waals surface area (Å²) < 4.78 is 33.9. The van der Waals surface area contributed by atoms with Crippen LogP contribution in [0.25, 0.3) is 0 Å². The molecular formula is C7H12NNaO5S. The number of nitrogens with zero attached hydrogens (tertiary/aromatic N) is 1. The molecule has 15 heavy (non-hydrogen) atoms. The SMILES string of the molecule is O=C(C=CS(=O)(=O)O)N1CCOCC1.[NaH]. The Bertz CT molecular complexity index is 333. The Hall–Kier alpha value is 0.0800. The van der Waals surface area contributed by atoms with Crippen molar-refractivity contribution < 1.29 is 22.5 Å². The predicted molar refractivity (Wildman–Crippen MR) is 55.2 cm³/mol. The molecule has 1 saturated heterocycles. The van der Waals surface area contributed by atoms with Crippen LogP contribution in [0.4, 0.5) is 0 Å². The fourth-order valence-electron chi connectivity index (χ4n) is 1.03. The molecule has 0 aromatic rings. The Morgan fingerprint density at radius 1 is 1.33 bits per heavy atom. The topological polar surface area (TPSA) is 83.9 Å². The Balaban J connectivity index is 0.00000196. The maximum atomic E-state index is 11.3. The summed E-state index contributed by atoms with van der Waals surface area (Å²) >= 11 is 0. The van der Waals surface area contributed by atoms with E-state index in [1.54, 1.807) is 0 Å². The molecule has 0 saturated carbocycles.